The van der Waals surface area contributed by atoms with Crippen molar-refractivity contribution in [1.82, 2.24) is 0 Å². The van der Waals surface area contributed by atoms with Crippen LogP contribution in [0.2, 0.25) is 10.0 Å². The van der Waals surface area contributed by atoms with Crippen molar-refractivity contribution in [3.8, 4) is 0 Å². The minimum Gasteiger partial charge on any atom is -0.300 e. The van der Waals surface area contributed by atoms with E-state index < -0.39 is 0 Å². The first-order chi connectivity index (χ1) is 13.0. The van der Waals surface area contributed by atoms with Gasteiger partial charge in [0.15, 0.2) is 5.78 Å². The van der Waals surface area contributed by atoms with E-state index in [0.29, 0.717) is 15.6 Å². The molecular formula is C20H15Cl2NO2S2. The number of thioether (sulfide) groups is 2. The molecule has 2 heterocycles. The van der Waals surface area contributed by atoms with Gasteiger partial charge in [-0.1, -0.05) is 35.3 Å². The third-order valence-electron chi connectivity index (χ3n) is 4.52. The van der Waals surface area contributed by atoms with E-state index in [1.54, 1.807) is 52.7 Å². The minimum absolute atomic E-state index is 0.0953. The Balaban J connectivity index is 1.81. The van der Waals surface area contributed by atoms with Crippen LogP contribution in [0.3, 0.4) is 0 Å². The first-order valence-corrected chi connectivity index (χ1v) is 11.1. The standard InChI is InChI=1S/C20H15Cl2NO2S2/c21-13-3-1-12(2-4-13)16-11-17(24)18(20-26-9-10-27-20)19(25)23(16)15-7-5-14(22)6-8-15/h1-8,16H,9-11H2. The molecule has 7 heteroatoms. The monoisotopic (exact) mass is 435 g/mol. The highest BCUT2D eigenvalue weighted by molar-refractivity contribution is 8.25. The van der Waals surface area contributed by atoms with Gasteiger partial charge in [0.05, 0.1) is 10.3 Å². The number of benzene rings is 2. The zero-order valence-corrected chi connectivity index (χ0v) is 17.3. The highest BCUT2D eigenvalue weighted by Crippen LogP contribution is 2.44. The van der Waals surface area contributed by atoms with E-state index in [4.69, 9.17) is 23.2 Å². The molecule has 1 amide bonds. The van der Waals surface area contributed by atoms with Gasteiger partial charge in [-0.05, 0) is 42.0 Å². The van der Waals surface area contributed by atoms with E-state index >= 15 is 0 Å². The molecule has 3 nitrogen and oxygen atoms in total. The summed E-state index contributed by atoms with van der Waals surface area (Å²) in [6, 6.07) is 14.1. The number of carbonyl (C=O) groups excluding carboxylic acids is 2. The number of hydrogen-bond acceptors (Lipinski definition) is 4. The maximum atomic E-state index is 13.4. The van der Waals surface area contributed by atoms with Crippen LogP contribution in [0.1, 0.15) is 18.0 Å². The van der Waals surface area contributed by atoms with Crippen molar-refractivity contribution in [3.63, 3.8) is 0 Å². The van der Waals surface area contributed by atoms with Crippen LogP contribution in [-0.4, -0.2) is 23.2 Å². The highest BCUT2D eigenvalue weighted by atomic mass is 35.5. The van der Waals surface area contributed by atoms with Gasteiger partial charge in [0, 0.05) is 33.7 Å². The summed E-state index contributed by atoms with van der Waals surface area (Å²) in [5.74, 6) is 1.50. The normalized spacial score (nSPS) is 20.5. The summed E-state index contributed by atoms with van der Waals surface area (Å²) in [7, 11) is 0. The van der Waals surface area contributed by atoms with Crippen LogP contribution in [0, 0.1) is 0 Å². The van der Waals surface area contributed by atoms with Crippen molar-refractivity contribution in [1.29, 1.82) is 0 Å². The van der Waals surface area contributed by atoms with Gasteiger partial charge in [-0.15, -0.1) is 23.5 Å². The van der Waals surface area contributed by atoms with E-state index in [1.807, 2.05) is 24.3 Å². The molecule has 0 radical (unpaired) electrons. The van der Waals surface area contributed by atoms with Crippen molar-refractivity contribution in [3.05, 3.63) is 73.9 Å². The maximum absolute atomic E-state index is 13.4. The summed E-state index contributed by atoms with van der Waals surface area (Å²) in [6.45, 7) is 0. The van der Waals surface area contributed by atoms with Gasteiger partial charge in [0.25, 0.3) is 5.91 Å². The lowest BCUT2D eigenvalue weighted by Crippen LogP contribution is -2.44. The SMILES string of the molecule is O=C1CC(c2ccc(Cl)cc2)N(c2ccc(Cl)cc2)C(=O)C1=C1SCCS1. The second-order valence-corrected chi connectivity index (χ2v) is 9.55. The van der Waals surface area contributed by atoms with Crippen molar-refractivity contribution < 1.29 is 9.59 Å². The number of carbonyl (C=O) groups is 2. The lowest BCUT2D eigenvalue weighted by atomic mass is 9.91. The molecule has 27 heavy (non-hydrogen) atoms. The Hall–Kier alpha value is -1.40. The number of ketones is 1. The Morgan fingerprint density at radius 1 is 0.852 bits per heavy atom. The first kappa shape index (κ1) is 18.9. The number of anilines is 1. The third kappa shape index (κ3) is 3.79. The molecule has 2 aliphatic rings. The van der Waals surface area contributed by atoms with Gasteiger partial charge >= 0.3 is 0 Å². The van der Waals surface area contributed by atoms with E-state index in [2.05, 4.69) is 0 Å². The highest BCUT2D eigenvalue weighted by Gasteiger charge is 2.41. The maximum Gasteiger partial charge on any atom is 0.264 e. The molecule has 2 aromatic carbocycles. The van der Waals surface area contributed by atoms with Crippen molar-refractivity contribution in [2.24, 2.45) is 0 Å². The van der Waals surface area contributed by atoms with Crippen LogP contribution in [-0.2, 0) is 9.59 Å². The minimum atomic E-state index is -0.371. The number of halogens is 2. The fourth-order valence-corrected chi connectivity index (χ4v) is 6.07. The van der Waals surface area contributed by atoms with E-state index in [1.165, 1.54) is 0 Å². The summed E-state index contributed by atoms with van der Waals surface area (Å²) in [6.07, 6.45) is 0.246. The summed E-state index contributed by atoms with van der Waals surface area (Å²) in [5.41, 5.74) is 1.93. The van der Waals surface area contributed by atoms with Crippen molar-refractivity contribution in [2.75, 3.05) is 16.4 Å². The molecule has 138 valence electrons. The lowest BCUT2D eigenvalue weighted by molar-refractivity contribution is -0.124. The topological polar surface area (TPSA) is 37.4 Å². The molecule has 0 saturated carbocycles. The van der Waals surface area contributed by atoms with Gasteiger partial charge in [-0.3, -0.25) is 9.59 Å². The summed E-state index contributed by atoms with van der Waals surface area (Å²) < 4.78 is 0.846. The molecule has 1 atom stereocenters. The van der Waals surface area contributed by atoms with E-state index in [9.17, 15) is 9.59 Å². The largest absolute Gasteiger partial charge is 0.300 e. The predicted octanol–water partition coefficient (Wildman–Crippen LogP) is 5.73. The summed E-state index contributed by atoms with van der Waals surface area (Å²) in [4.78, 5) is 28.0. The molecule has 0 bridgehead atoms. The van der Waals surface area contributed by atoms with Crippen LogP contribution in [0.25, 0.3) is 0 Å². The number of hydrogen-bond donors (Lipinski definition) is 0. The molecule has 0 spiro atoms. The fraction of sp³-hybridized carbons (Fsp3) is 0.200. The van der Waals surface area contributed by atoms with E-state index in [-0.39, 0.29) is 24.2 Å². The van der Waals surface area contributed by atoms with Crippen LogP contribution in [0.4, 0.5) is 5.69 Å². The quantitative estimate of drug-likeness (QED) is 0.445. The van der Waals surface area contributed by atoms with Crippen molar-refractivity contribution >= 4 is 64.1 Å². The Morgan fingerprint density at radius 2 is 1.41 bits per heavy atom. The number of rotatable bonds is 2. The fourth-order valence-electron chi connectivity index (χ4n) is 3.26. The second kappa shape index (κ2) is 7.92. The Kier molecular flexibility index (Phi) is 5.55. The zero-order chi connectivity index (χ0) is 19.0. The third-order valence-corrected chi connectivity index (χ3v) is 7.73. The summed E-state index contributed by atoms with van der Waals surface area (Å²) in [5, 5.41) is 1.22. The molecule has 0 aromatic heterocycles. The van der Waals surface area contributed by atoms with E-state index in [0.717, 1.165) is 27.0 Å². The average molecular weight is 436 g/mol. The number of piperidine rings is 1. The molecule has 2 saturated heterocycles. The second-order valence-electron chi connectivity index (χ2n) is 6.21. The predicted molar refractivity (Wildman–Crippen MR) is 115 cm³/mol. The number of Topliss-reactive ketones (excluding diaryl/α,β-unsaturated/α-hetero) is 1. The first-order valence-electron chi connectivity index (χ1n) is 8.42. The van der Waals surface area contributed by atoms with Crippen LogP contribution in [0.15, 0.2) is 58.3 Å². The average Bonchev–Trinajstić information content (AvgIpc) is 3.17. The Morgan fingerprint density at radius 3 is 2.00 bits per heavy atom. The Bertz CT molecular complexity index is 918. The zero-order valence-electron chi connectivity index (χ0n) is 14.2. The smallest absolute Gasteiger partial charge is 0.264 e. The van der Waals surface area contributed by atoms with Crippen molar-refractivity contribution in [2.45, 2.75) is 12.5 Å². The van der Waals surface area contributed by atoms with Crippen LogP contribution < -0.4 is 4.90 Å². The van der Waals surface area contributed by atoms with Gasteiger partial charge in [0.1, 0.15) is 5.57 Å². The number of nitrogens with zero attached hydrogens (tertiary/aromatic N) is 1. The molecule has 2 aromatic rings. The van der Waals surface area contributed by atoms with Gasteiger partial charge in [-0.2, -0.15) is 0 Å². The molecule has 4 rings (SSSR count). The molecule has 2 aliphatic heterocycles. The molecule has 2 fully saturated rings. The number of amides is 1. The molecular weight excluding hydrogens is 421 g/mol. The lowest BCUT2D eigenvalue weighted by Gasteiger charge is -2.36. The Labute approximate surface area is 176 Å². The van der Waals surface area contributed by atoms with Gasteiger partial charge in [0.2, 0.25) is 0 Å². The molecule has 0 aliphatic carbocycles. The van der Waals surface area contributed by atoms with Gasteiger partial charge in [-0.25, -0.2) is 0 Å². The van der Waals surface area contributed by atoms with Gasteiger partial charge < -0.3 is 4.90 Å². The van der Waals surface area contributed by atoms with Crippen LogP contribution >= 0.6 is 46.7 Å². The molecule has 1 unspecified atom stereocenters. The summed E-state index contributed by atoms with van der Waals surface area (Å²) >= 11 is 15.2. The molecule has 0 N–H and O–H groups in total. The van der Waals surface area contributed by atoms with Crippen LogP contribution in [0.5, 0.6) is 0 Å².